The van der Waals surface area contributed by atoms with Gasteiger partial charge in [0.1, 0.15) is 5.82 Å². The van der Waals surface area contributed by atoms with Crippen LogP contribution in [0.1, 0.15) is 112 Å². The standard InChI is InChI=1S/C31H40FN3.2C3H8.C2H6/c1-9-20(3)19-35-25(8)31(24(7)33)30(26-13-11-21(4)12-14-26)23(6)17-22(5)28-18-27(32)15-16-29(28)34-10-2;2*1-3-2;1-2/h10-18,20,34-35H,2,8-9,19,33H2,1,3-7H3;2*3H2,1-2H3;1-2H3/b22-17+,30-23+,31-24-;;;. The highest BCUT2D eigenvalue weighted by atomic mass is 19.1. The van der Waals surface area contributed by atoms with Crippen molar-refractivity contribution in [1.82, 2.24) is 5.32 Å². The van der Waals surface area contributed by atoms with Crippen LogP contribution in [0.5, 0.6) is 0 Å². The highest BCUT2D eigenvalue weighted by molar-refractivity contribution is 5.89. The highest BCUT2D eigenvalue weighted by Gasteiger charge is 2.17. The third kappa shape index (κ3) is 15.5. The van der Waals surface area contributed by atoms with Crippen LogP contribution >= 0.6 is 0 Å². The van der Waals surface area contributed by atoms with Crippen molar-refractivity contribution >= 4 is 16.8 Å². The summed E-state index contributed by atoms with van der Waals surface area (Å²) in [4.78, 5) is 0. The van der Waals surface area contributed by atoms with Crippen LogP contribution in [0.15, 0.2) is 90.4 Å². The van der Waals surface area contributed by atoms with Crippen molar-refractivity contribution in [3.8, 4) is 0 Å². The maximum Gasteiger partial charge on any atom is 0.123 e. The van der Waals surface area contributed by atoms with Crippen LogP contribution in [-0.4, -0.2) is 6.54 Å². The maximum atomic E-state index is 14.1. The molecule has 2 aromatic rings. The van der Waals surface area contributed by atoms with E-state index < -0.39 is 0 Å². The molecule has 4 N–H and O–H groups in total. The molecule has 2 rings (SSSR count). The molecule has 43 heavy (non-hydrogen) atoms. The average molecular weight is 592 g/mol. The van der Waals surface area contributed by atoms with Crippen molar-refractivity contribution < 1.29 is 4.39 Å². The molecule has 3 nitrogen and oxygen atoms in total. The molecule has 0 fully saturated rings. The van der Waals surface area contributed by atoms with Gasteiger partial charge in [0, 0.05) is 34.8 Å². The minimum absolute atomic E-state index is 0.288. The van der Waals surface area contributed by atoms with E-state index in [1.165, 1.54) is 30.5 Å². The van der Waals surface area contributed by atoms with Crippen molar-refractivity contribution in [2.45, 2.75) is 102 Å². The lowest BCUT2D eigenvalue weighted by Crippen LogP contribution is -2.22. The number of halogens is 1. The molecule has 0 aromatic heterocycles. The van der Waals surface area contributed by atoms with Gasteiger partial charge in [-0.15, -0.1) is 0 Å². The van der Waals surface area contributed by atoms with Crippen molar-refractivity contribution in [1.29, 1.82) is 0 Å². The SMILES string of the molecule is C=CNc1ccc(F)cc1/C(C)=C/C(C)=C(/C(C(=C)NCC(C)CC)=C(/C)N)c1ccc(C)cc1.CC.CCC.CCC. The van der Waals surface area contributed by atoms with Gasteiger partial charge < -0.3 is 16.4 Å². The smallest absolute Gasteiger partial charge is 0.123 e. The molecule has 0 radical (unpaired) electrons. The highest BCUT2D eigenvalue weighted by Crippen LogP contribution is 2.34. The molecule has 1 atom stereocenters. The predicted molar refractivity (Wildman–Crippen MR) is 194 cm³/mol. The molecule has 0 aliphatic carbocycles. The Bertz CT molecular complexity index is 1180. The summed E-state index contributed by atoms with van der Waals surface area (Å²) in [5.74, 6) is 0.230. The predicted octanol–water partition coefficient (Wildman–Crippen LogP) is 11.8. The molecule has 1 unspecified atom stereocenters. The largest absolute Gasteiger partial charge is 0.402 e. The van der Waals surface area contributed by atoms with E-state index in [4.69, 9.17) is 5.73 Å². The molecular formula is C39H62FN3. The lowest BCUT2D eigenvalue weighted by molar-refractivity contribution is 0.532. The second-order valence-corrected chi connectivity index (χ2v) is 10.6. The summed E-state index contributed by atoms with van der Waals surface area (Å²) in [5.41, 5.74) is 15.6. The summed E-state index contributed by atoms with van der Waals surface area (Å²) in [7, 11) is 0. The maximum absolute atomic E-state index is 14.1. The molecule has 0 aliphatic rings. The van der Waals surface area contributed by atoms with Crippen molar-refractivity contribution in [2.24, 2.45) is 11.7 Å². The number of nitrogens with two attached hydrogens (primary N) is 1. The fourth-order valence-corrected chi connectivity index (χ4v) is 3.96. The number of hydrogen-bond donors (Lipinski definition) is 3. The Hall–Kier alpha value is -3.53. The lowest BCUT2D eigenvalue weighted by atomic mass is 9.88. The van der Waals surface area contributed by atoms with Gasteiger partial charge in [0.2, 0.25) is 0 Å². The van der Waals surface area contributed by atoms with E-state index in [0.717, 1.165) is 57.8 Å². The van der Waals surface area contributed by atoms with Crippen molar-refractivity contribution in [3.05, 3.63) is 113 Å². The number of allylic oxidation sites excluding steroid dienone is 5. The Morgan fingerprint density at radius 3 is 1.95 bits per heavy atom. The third-order valence-electron chi connectivity index (χ3n) is 6.14. The second-order valence-electron chi connectivity index (χ2n) is 10.6. The molecule has 0 aliphatic heterocycles. The number of benzene rings is 2. The topological polar surface area (TPSA) is 50.1 Å². The number of rotatable bonds is 11. The number of hydrogen-bond acceptors (Lipinski definition) is 3. The summed E-state index contributed by atoms with van der Waals surface area (Å²) >= 11 is 0. The van der Waals surface area contributed by atoms with Crippen LogP contribution in [0.4, 0.5) is 10.1 Å². The zero-order chi connectivity index (χ0) is 33.5. The van der Waals surface area contributed by atoms with Gasteiger partial charge in [-0.25, -0.2) is 4.39 Å². The minimum Gasteiger partial charge on any atom is -0.402 e. The first-order valence-electron chi connectivity index (χ1n) is 15.9. The van der Waals surface area contributed by atoms with Crippen LogP contribution in [0.2, 0.25) is 0 Å². The van der Waals surface area contributed by atoms with Gasteiger partial charge in [0.15, 0.2) is 0 Å². The van der Waals surface area contributed by atoms with Gasteiger partial charge in [-0.3, -0.25) is 0 Å². The molecule has 240 valence electrons. The van der Waals surface area contributed by atoms with Crippen molar-refractivity contribution in [2.75, 3.05) is 11.9 Å². The zero-order valence-corrected chi connectivity index (χ0v) is 29.5. The fraction of sp³-hybridized carbons (Fsp3) is 0.436. The molecule has 0 amide bonds. The van der Waals surface area contributed by atoms with E-state index in [2.05, 4.69) is 110 Å². The normalized spacial score (nSPS) is 12.3. The molecule has 0 spiro atoms. The van der Waals surface area contributed by atoms with Gasteiger partial charge in [-0.1, -0.05) is 124 Å². The Labute approximate surface area is 265 Å². The number of nitrogens with one attached hydrogen (secondary N) is 2. The van der Waals surface area contributed by atoms with Crippen LogP contribution in [0.25, 0.3) is 11.1 Å². The Balaban J connectivity index is 0. The molecule has 0 heterocycles. The summed E-state index contributed by atoms with van der Waals surface area (Å²) < 4.78 is 14.1. The van der Waals surface area contributed by atoms with Crippen LogP contribution < -0.4 is 16.4 Å². The monoisotopic (exact) mass is 591 g/mol. The first kappa shape index (κ1) is 41.6. The Morgan fingerprint density at radius 1 is 0.953 bits per heavy atom. The molecule has 0 saturated carbocycles. The minimum atomic E-state index is -0.288. The molecule has 4 heteroatoms. The van der Waals surface area contributed by atoms with Crippen LogP contribution in [0, 0.1) is 18.7 Å². The van der Waals surface area contributed by atoms with E-state index in [0.29, 0.717) is 11.6 Å². The summed E-state index contributed by atoms with van der Waals surface area (Å²) in [6.07, 6.45) is 7.25. The first-order chi connectivity index (χ1) is 20.4. The van der Waals surface area contributed by atoms with E-state index in [9.17, 15) is 4.39 Å². The van der Waals surface area contributed by atoms with Crippen LogP contribution in [-0.2, 0) is 0 Å². The zero-order valence-electron chi connectivity index (χ0n) is 29.5. The fourth-order valence-electron chi connectivity index (χ4n) is 3.96. The summed E-state index contributed by atoms with van der Waals surface area (Å²) in [5, 5.41) is 6.60. The molecular weight excluding hydrogens is 529 g/mol. The summed E-state index contributed by atoms with van der Waals surface area (Å²) in [6, 6.07) is 13.1. The van der Waals surface area contributed by atoms with Gasteiger partial charge in [0.25, 0.3) is 0 Å². The van der Waals surface area contributed by atoms with Gasteiger partial charge >= 0.3 is 0 Å². The van der Waals surface area contributed by atoms with Gasteiger partial charge in [0.05, 0.1) is 0 Å². The Morgan fingerprint density at radius 2 is 1.49 bits per heavy atom. The number of aryl methyl sites for hydroxylation is 1. The van der Waals surface area contributed by atoms with E-state index in [-0.39, 0.29) is 5.82 Å². The number of anilines is 1. The second kappa shape index (κ2) is 24.0. The quantitative estimate of drug-likeness (QED) is 0.228. The van der Waals surface area contributed by atoms with Crippen LogP contribution in [0.3, 0.4) is 0 Å². The van der Waals surface area contributed by atoms with Gasteiger partial charge in [-0.05, 0) is 80.3 Å². The van der Waals surface area contributed by atoms with E-state index >= 15 is 0 Å². The third-order valence-corrected chi connectivity index (χ3v) is 6.14. The first-order valence-corrected chi connectivity index (χ1v) is 15.9. The van der Waals surface area contributed by atoms with E-state index in [1.807, 2.05) is 27.7 Å². The molecule has 0 bridgehead atoms. The lowest BCUT2D eigenvalue weighted by Gasteiger charge is -2.22. The summed E-state index contributed by atoms with van der Waals surface area (Å²) in [6.45, 7) is 33.8. The van der Waals surface area contributed by atoms with E-state index in [1.54, 1.807) is 12.3 Å². The van der Waals surface area contributed by atoms with Gasteiger partial charge in [-0.2, -0.15) is 0 Å². The Kier molecular flexibility index (Phi) is 23.2. The average Bonchev–Trinajstić information content (AvgIpc) is 2.97. The molecule has 2 aromatic carbocycles. The van der Waals surface area contributed by atoms with Crippen molar-refractivity contribution in [3.63, 3.8) is 0 Å². The molecule has 0 saturated heterocycles.